The molecule has 1 saturated heterocycles. The molecule has 1 aliphatic rings. The van der Waals surface area contributed by atoms with E-state index in [1.165, 1.54) is 12.1 Å². The highest BCUT2D eigenvalue weighted by Gasteiger charge is 2.30. The van der Waals surface area contributed by atoms with Gasteiger partial charge in [0, 0.05) is 30.5 Å². The molecule has 3 rings (SSSR count). The first-order chi connectivity index (χ1) is 12.2. The van der Waals surface area contributed by atoms with E-state index in [0.29, 0.717) is 24.1 Å². The van der Waals surface area contributed by atoms with Gasteiger partial charge in [0.1, 0.15) is 10.6 Å². The van der Waals surface area contributed by atoms with Crippen LogP contribution in [0.1, 0.15) is 27.2 Å². The first-order valence-corrected chi connectivity index (χ1v) is 9.15. The molecule has 1 amide bonds. The van der Waals surface area contributed by atoms with Gasteiger partial charge in [0.05, 0.1) is 22.2 Å². The Hall–Kier alpha value is -2.42. The number of carbonyl (C=O) groups excluding carboxylic acids is 1. The summed E-state index contributed by atoms with van der Waals surface area (Å²) in [4.78, 5) is 33.0. The van der Waals surface area contributed by atoms with Crippen LogP contribution in [0.15, 0.2) is 29.4 Å². The van der Waals surface area contributed by atoms with Gasteiger partial charge in [-0.05, 0) is 33.3 Å². The van der Waals surface area contributed by atoms with Crippen molar-refractivity contribution in [2.45, 2.75) is 43.1 Å². The van der Waals surface area contributed by atoms with E-state index in [4.69, 9.17) is 4.74 Å². The molecule has 8 nitrogen and oxygen atoms in total. The molecule has 1 fully saturated rings. The van der Waals surface area contributed by atoms with E-state index in [2.05, 4.69) is 9.97 Å². The van der Waals surface area contributed by atoms with Gasteiger partial charge >= 0.3 is 6.09 Å². The van der Waals surface area contributed by atoms with Crippen molar-refractivity contribution >= 4 is 34.6 Å². The van der Waals surface area contributed by atoms with Crippen molar-refractivity contribution in [2.75, 3.05) is 13.1 Å². The Morgan fingerprint density at radius 2 is 2.15 bits per heavy atom. The summed E-state index contributed by atoms with van der Waals surface area (Å²) in [6.07, 6.45) is 2.18. The predicted molar refractivity (Wildman–Crippen MR) is 98.3 cm³/mol. The van der Waals surface area contributed by atoms with Crippen LogP contribution in [-0.4, -0.2) is 49.8 Å². The van der Waals surface area contributed by atoms with Gasteiger partial charge < -0.3 is 9.64 Å². The van der Waals surface area contributed by atoms with Crippen LogP contribution in [0.25, 0.3) is 11.0 Å². The van der Waals surface area contributed by atoms with E-state index in [9.17, 15) is 14.9 Å². The minimum atomic E-state index is -0.505. The maximum absolute atomic E-state index is 12.1. The number of amides is 1. The summed E-state index contributed by atoms with van der Waals surface area (Å²) in [7, 11) is 0. The molecular formula is C17H20N4O4S. The average Bonchev–Trinajstić information content (AvgIpc) is 3.01. The molecule has 9 heteroatoms. The second-order valence-electron chi connectivity index (χ2n) is 7.09. The van der Waals surface area contributed by atoms with E-state index >= 15 is 0 Å². The molecule has 0 saturated carbocycles. The lowest BCUT2D eigenvalue weighted by Crippen LogP contribution is -2.35. The average molecular weight is 376 g/mol. The van der Waals surface area contributed by atoms with Crippen LogP contribution in [0.3, 0.4) is 0 Å². The third-order valence-electron chi connectivity index (χ3n) is 3.80. The van der Waals surface area contributed by atoms with Crippen molar-refractivity contribution < 1.29 is 14.5 Å². The molecule has 1 aromatic carbocycles. The lowest BCUT2D eigenvalue weighted by molar-refractivity contribution is -0.384. The second kappa shape index (κ2) is 7.06. The molecule has 1 aromatic heterocycles. The zero-order valence-corrected chi connectivity index (χ0v) is 15.7. The first kappa shape index (κ1) is 18.4. The van der Waals surface area contributed by atoms with Gasteiger partial charge in [-0.1, -0.05) is 11.8 Å². The normalized spacial score (nSPS) is 17.5. The van der Waals surface area contributed by atoms with Crippen molar-refractivity contribution in [3.63, 3.8) is 0 Å². The molecule has 0 N–H and O–H groups in total. The Balaban J connectivity index is 1.65. The topological polar surface area (TPSA) is 98.5 Å². The molecule has 0 radical (unpaired) electrons. The number of fused-ring (bicyclic) bond motifs is 1. The van der Waals surface area contributed by atoms with Gasteiger partial charge in [0.25, 0.3) is 5.69 Å². The number of hydrogen-bond donors (Lipinski definition) is 0. The summed E-state index contributed by atoms with van der Waals surface area (Å²) < 4.78 is 5.40. The quantitative estimate of drug-likeness (QED) is 0.595. The van der Waals surface area contributed by atoms with E-state index in [-0.39, 0.29) is 17.0 Å². The standard InChI is InChI=1S/C17H20N4O4S/c1-17(2,3)25-16(22)20-7-6-12(10-20)26-15-9-18-14-8-11(21(23)24)4-5-13(14)19-15/h4-5,8-9,12H,6-7,10H2,1-3H3/t12-/m0/s1. The van der Waals surface area contributed by atoms with Crippen LogP contribution >= 0.6 is 11.8 Å². The summed E-state index contributed by atoms with van der Waals surface area (Å²) in [6, 6.07) is 4.44. The molecule has 0 aliphatic carbocycles. The van der Waals surface area contributed by atoms with Gasteiger partial charge in [-0.2, -0.15) is 0 Å². The summed E-state index contributed by atoms with van der Waals surface area (Å²) >= 11 is 1.56. The van der Waals surface area contributed by atoms with Gasteiger partial charge in [-0.15, -0.1) is 0 Å². The number of thioether (sulfide) groups is 1. The number of carbonyl (C=O) groups is 1. The lowest BCUT2D eigenvalue weighted by atomic mass is 10.2. The highest BCUT2D eigenvalue weighted by Crippen LogP contribution is 2.30. The highest BCUT2D eigenvalue weighted by atomic mass is 32.2. The van der Waals surface area contributed by atoms with E-state index in [0.717, 1.165) is 11.4 Å². The largest absolute Gasteiger partial charge is 0.444 e. The van der Waals surface area contributed by atoms with E-state index in [1.54, 1.807) is 28.9 Å². The zero-order valence-electron chi connectivity index (χ0n) is 14.8. The van der Waals surface area contributed by atoms with Crippen molar-refractivity contribution in [1.82, 2.24) is 14.9 Å². The highest BCUT2D eigenvalue weighted by molar-refractivity contribution is 7.99. The number of aromatic nitrogens is 2. The molecule has 1 aliphatic heterocycles. The minimum absolute atomic E-state index is 0.00371. The number of non-ortho nitro benzene ring substituents is 1. The SMILES string of the molecule is CC(C)(C)OC(=O)N1CC[C@H](Sc2cnc3cc([N+](=O)[O-])ccc3n2)C1. The van der Waals surface area contributed by atoms with E-state index < -0.39 is 10.5 Å². The van der Waals surface area contributed by atoms with Crippen LogP contribution in [0.2, 0.25) is 0 Å². The molecule has 2 aromatic rings. The number of ether oxygens (including phenoxy) is 1. The van der Waals surface area contributed by atoms with Gasteiger partial charge in [0.15, 0.2) is 0 Å². The fourth-order valence-electron chi connectivity index (χ4n) is 2.64. The van der Waals surface area contributed by atoms with Gasteiger partial charge in [-0.3, -0.25) is 15.1 Å². The monoisotopic (exact) mass is 376 g/mol. The number of likely N-dealkylation sites (tertiary alicyclic amines) is 1. The molecule has 0 spiro atoms. The lowest BCUT2D eigenvalue weighted by Gasteiger charge is -2.24. The Bertz CT molecular complexity index is 852. The molecule has 2 heterocycles. The van der Waals surface area contributed by atoms with Crippen LogP contribution in [0.5, 0.6) is 0 Å². The third-order valence-corrected chi connectivity index (χ3v) is 4.95. The second-order valence-corrected chi connectivity index (χ2v) is 8.41. The molecule has 26 heavy (non-hydrogen) atoms. The van der Waals surface area contributed by atoms with Crippen LogP contribution in [-0.2, 0) is 4.74 Å². The van der Waals surface area contributed by atoms with Crippen LogP contribution in [0.4, 0.5) is 10.5 Å². The van der Waals surface area contributed by atoms with Gasteiger partial charge in [0.2, 0.25) is 0 Å². The fourth-order valence-corrected chi connectivity index (χ4v) is 3.72. The molecule has 138 valence electrons. The Labute approximate surface area is 155 Å². The fraction of sp³-hybridized carbons (Fsp3) is 0.471. The Kier molecular flexibility index (Phi) is 4.99. The van der Waals surface area contributed by atoms with E-state index in [1.807, 2.05) is 20.8 Å². The number of nitrogens with zero attached hydrogens (tertiary/aromatic N) is 4. The van der Waals surface area contributed by atoms with Crippen molar-refractivity contribution in [3.05, 3.63) is 34.5 Å². The summed E-state index contributed by atoms with van der Waals surface area (Å²) in [5, 5.41) is 11.8. The predicted octanol–water partition coefficient (Wildman–Crippen LogP) is 3.64. The Morgan fingerprint density at radius 3 is 2.85 bits per heavy atom. The van der Waals surface area contributed by atoms with Crippen LogP contribution in [0, 0.1) is 10.1 Å². The molecule has 1 atom stereocenters. The minimum Gasteiger partial charge on any atom is -0.444 e. The number of hydrogen-bond acceptors (Lipinski definition) is 7. The van der Waals surface area contributed by atoms with Gasteiger partial charge in [-0.25, -0.2) is 9.78 Å². The van der Waals surface area contributed by atoms with Crippen LogP contribution < -0.4 is 0 Å². The Morgan fingerprint density at radius 1 is 1.38 bits per heavy atom. The molecule has 0 unspecified atom stereocenters. The number of benzene rings is 1. The smallest absolute Gasteiger partial charge is 0.410 e. The summed E-state index contributed by atoms with van der Waals surface area (Å²) in [5.41, 5.74) is 0.596. The van der Waals surface area contributed by atoms with Crippen molar-refractivity contribution in [2.24, 2.45) is 0 Å². The third kappa shape index (κ3) is 4.40. The van der Waals surface area contributed by atoms with Crippen molar-refractivity contribution in [1.29, 1.82) is 0 Å². The molecule has 0 bridgehead atoms. The maximum Gasteiger partial charge on any atom is 0.410 e. The number of nitro benzene ring substituents is 1. The summed E-state index contributed by atoms with van der Waals surface area (Å²) in [5.74, 6) is 0. The molecular weight excluding hydrogens is 356 g/mol. The maximum atomic E-state index is 12.1. The number of rotatable bonds is 3. The van der Waals surface area contributed by atoms with Crippen molar-refractivity contribution in [3.8, 4) is 0 Å². The first-order valence-electron chi connectivity index (χ1n) is 8.27. The number of nitro groups is 1. The zero-order chi connectivity index (χ0) is 18.9. The summed E-state index contributed by atoms with van der Waals surface area (Å²) in [6.45, 7) is 6.80.